The van der Waals surface area contributed by atoms with Gasteiger partial charge < -0.3 is 10.0 Å². The molecule has 0 aromatic heterocycles. The highest BCUT2D eigenvalue weighted by Gasteiger charge is 2.39. The van der Waals surface area contributed by atoms with Gasteiger partial charge in [0.25, 0.3) is 0 Å². The van der Waals surface area contributed by atoms with Crippen LogP contribution in [0, 0.1) is 5.41 Å². The maximum Gasteiger partial charge on any atom is 0.0639 e. The maximum atomic E-state index is 9.26. The molecule has 1 saturated carbocycles. The van der Waals surface area contributed by atoms with E-state index in [-0.39, 0.29) is 6.10 Å². The second-order valence-electron chi connectivity index (χ2n) is 5.00. The first kappa shape index (κ1) is 9.47. The largest absolute Gasteiger partial charge is 0.392 e. The molecule has 1 aliphatic heterocycles. The second-order valence-corrected chi connectivity index (χ2v) is 5.00. The Balaban J connectivity index is 1.76. The molecular formula is C11H21NO. The Bertz CT molecular complexity index is 165. The van der Waals surface area contributed by atoms with Crippen LogP contribution in [0.25, 0.3) is 0 Å². The Labute approximate surface area is 80.9 Å². The van der Waals surface area contributed by atoms with Crippen LogP contribution < -0.4 is 0 Å². The van der Waals surface area contributed by atoms with E-state index in [9.17, 15) is 5.11 Å². The van der Waals surface area contributed by atoms with Gasteiger partial charge in [-0.05, 0) is 51.1 Å². The van der Waals surface area contributed by atoms with Gasteiger partial charge in [-0.15, -0.1) is 0 Å². The summed E-state index contributed by atoms with van der Waals surface area (Å²) in [5.41, 5.74) is 0.745. The van der Waals surface area contributed by atoms with Crippen molar-refractivity contribution < 1.29 is 5.11 Å². The van der Waals surface area contributed by atoms with Gasteiger partial charge in [0.2, 0.25) is 0 Å². The molecule has 0 unspecified atom stereocenters. The Hall–Kier alpha value is -0.0800. The van der Waals surface area contributed by atoms with Crippen LogP contribution in [0.4, 0.5) is 0 Å². The molecule has 2 fully saturated rings. The molecule has 1 heterocycles. The van der Waals surface area contributed by atoms with Gasteiger partial charge in [-0.25, -0.2) is 0 Å². The number of aliphatic hydroxyl groups excluding tert-OH is 1. The number of nitrogens with zero attached hydrogens (tertiary/aromatic N) is 1. The first-order valence-corrected chi connectivity index (χ1v) is 5.61. The molecule has 2 rings (SSSR count). The van der Waals surface area contributed by atoms with Crippen LogP contribution in [-0.4, -0.2) is 35.7 Å². The summed E-state index contributed by atoms with van der Waals surface area (Å²) in [5.74, 6) is 0. The van der Waals surface area contributed by atoms with Crippen molar-refractivity contribution in [3.05, 3.63) is 0 Å². The molecule has 1 saturated heterocycles. The Morgan fingerprint density at radius 3 is 2.23 bits per heavy atom. The highest BCUT2D eigenvalue weighted by atomic mass is 16.3. The average Bonchev–Trinajstić information content (AvgIpc) is 2.02. The molecule has 76 valence electrons. The number of hydrogen-bond acceptors (Lipinski definition) is 2. The lowest BCUT2D eigenvalue weighted by Crippen LogP contribution is -2.45. The van der Waals surface area contributed by atoms with E-state index in [0.717, 1.165) is 12.0 Å². The zero-order valence-corrected chi connectivity index (χ0v) is 8.63. The van der Waals surface area contributed by atoms with Crippen molar-refractivity contribution in [2.24, 2.45) is 5.41 Å². The predicted molar refractivity (Wildman–Crippen MR) is 53.6 cm³/mol. The van der Waals surface area contributed by atoms with Crippen molar-refractivity contribution >= 4 is 0 Å². The number of rotatable bonds is 2. The summed E-state index contributed by atoms with van der Waals surface area (Å²) >= 11 is 0. The van der Waals surface area contributed by atoms with Crippen molar-refractivity contribution in [1.82, 2.24) is 4.90 Å². The highest BCUT2D eigenvalue weighted by Crippen LogP contribution is 2.48. The first-order valence-electron chi connectivity index (χ1n) is 5.61. The summed E-state index contributed by atoms with van der Waals surface area (Å²) in [5, 5.41) is 9.26. The molecule has 2 heteroatoms. The lowest BCUT2D eigenvalue weighted by atomic mass is 9.63. The van der Waals surface area contributed by atoms with Crippen LogP contribution in [0.2, 0.25) is 0 Å². The number of likely N-dealkylation sites (tertiary alicyclic amines) is 1. The Morgan fingerprint density at radius 1 is 1.23 bits per heavy atom. The molecule has 13 heavy (non-hydrogen) atoms. The zero-order valence-electron chi connectivity index (χ0n) is 8.63. The van der Waals surface area contributed by atoms with Gasteiger partial charge >= 0.3 is 0 Å². The van der Waals surface area contributed by atoms with Crippen molar-refractivity contribution in [3.8, 4) is 0 Å². The molecule has 0 bridgehead atoms. The third-order valence-corrected chi connectivity index (χ3v) is 3.85. The lowest BCUT2D eigenvalue weighted by molar-refractivity contribution is 0.0170. The highest BCUT2D eigenvalue weighted by molar-refractivity contribution is 4.92. The van der Waals surface area contributed by atoms with E-state index in [0.29, 0.717) is 0 Å². The van der Waals surface area contributed by atoms with Crippen LogP contribution in [0.3, 0.4) is 0 Å². The van der Waals surface area contributed by atoms with Crippen LogP contribution in [0.15, 0.2) is 0 Å². The topological polar surface area (TPSA) is 23.5 Å². The molecule has 1 aliphatic carbocycles. The van der Waals surface area contributed by atoms with E-state index in [1.807, 2.05) is 6.92 Å². The summed E-state index contributed by atoms with van der Waals surface area (Å²) in [7, 11) is 0. The first-order chi connectivity index (χ1) is 6.20. The van der Waals surface area contributed by atoms with E-state index in [4.69, 9.17) is 0 Å². The summed E-state index contributed by atoms with van der Waals surface area (Å²) in [4.78, 5) is 2.41. The van der Waals surface area contributed by atoms with Gasteiger partial charge in [0, 0.05) is 6.54 Å². The third-order valence-electron chi connectivity index (χ3n) is 3.85. The van der Waals surface area contributed by atoms with Crippen molar-refractivity contribution in [1.29, 1.82) is 0 Å². The smallest absolute Gasteiger partial charge is 0.0639 e. The van der Waals surface area contributed by atoms with Gasteiger partial charge in [-0.3, -0.25) is 0 Å². The molecule has 2 nitrogen and oxygen atoms in total. The number of piperidine rings is 1. The standard InChI is InChI=1S/C11H21NO/c1-10(13)9-12-7-5-11(6-8-12)3-2-4-11/h10,13H,2-9H2,1H3/t10-/m1/s1. The number of hydrogen-bond donors (Lipinski definition) is 1. The van der Waals surface area contributed by atoms with Crippen LogP contribution >= 0.6 is 0 Å². The van der Waals surface area contributed by atoms with E-state index < -0.39 is 0 Å². The normalized spacial score (nSPS) is 30.0. The number of aliphatic hydroxyl groups is 1. The van der Waals surface area contributed by atoms with Gasteiger partial charge in [0.1, 0.15) is 0 Å². The number of β-amino-alcohol motifs (C(OH)–C–C–N with tert-alkyl or cyclic N) is 1. The van der Waals surface area contributed by atoms with Gasteiger partial charge in [0.05, 0.1) is 6.10 Å². The summed E-state index contributed by atoms with van der Waals surface area (Å²) in [6.07, 6.45) is 6.98. The van der Waals surface area contributed by atoms with E-state index in [2.05, 4.69) is 4.90 Å². The third kappa shape index (κ3) is 2.05. The summed E-state index contributed by atoms with van der Waals surface area (Å²) in [6, 6.07) is 0. The minimum atomic E-state index is -0.157. The van der Waals surface area contributed by atoms with E-state index in [1.165, 1.54) is 45.2 Å². The Kier molecular flexibility index (Phi) is 2.61. The van der Waals surface area contributed by atoms with Crippen LogP contribution in [-0.2, 0) is 0 Å². The van der Waals surface area contributed by atoms with Gasteiger partial charge in [0.15, 0.2) is 0 Å². The maximum absolute atomic E-state index is 9.26. The summed E-state index contributed by atoms with van der Waals surface area (Å²) in [6.45, 7) is 5.18. The van der Waals surface area contributed by atoms with Crippen molar-refractivity contribution in [2.45, 2.75) is 45.1 Å². The molecule has 2 aliphatic rings. The fourth-order valence-electron chi connectivity index (χ4n) is 2.76. The molecule has 0 aromatic rings. The van der Waals surface area contributed by atoms with Crippen LogP contribution in [0.5, 0.6) is 0 Å². The lowest BCUT2D eigenvalue weighted by Gasteiger charge is -2.48. The van der Waals surface area contributed by atoms with E-state index in [1.54, 1.807) is 0 Å². The van der Waals surface area contributed by atoms with Gasteiger partial charge in [-0.1, -0.05) is 6.42 Å². The molecule has 0 amide bonds. The van der Waals surface area contributed by atoms with Crippen molar-refractivity contribution in [3.63, 3.8) is 0 Å². The molecule has 1 N–H and O–H groups in total. The minimum absolute atomic E-state index is 0.157. The fraction of sp³-hybridized carbons (Fsp3) is 1.00. The molecule has 1 atom stereocenters. The quantitative estimate of drug-likeness (QED) is 0.703. The zero-order chi connectivity index (χ0) is 9.31. The SMILES string of the molecule is C[C@@H](O)CN1CCC2(CCC2)CC1. The molecule has 0 aromatic carbocycles. The predicted octanol–water partition coefficient (Wildman–Crippen LogP) is 1.63. The van der Waals surface area contributed by atoms with Gasteiger partial charge in [-0.2, -0.15) is 0 Å². The van der Waals surface area contributed by atoms with Crippen molar-refractivity contribution in [2.75, 3.05) is 19.6 Å². The Morgan fingerprint density at radius 2 is 1.85 bits per heavy atom. The van der Waals surface area contributed by atoms with Crippen LogP contribution in [0.1, 0.15) is 39.0 Å². The van der Waals surface area contributed by atoms with E-state index >= 15 is 0 Å². The molecule has 0 radical (unpaired) electrons. The second kappa shape index (κ2) is 3.58. The fourth-order valence-corrected chi connectivity index (χ4v) is 2.76. The molecule has 1 spiro atoms. The monoisotopic (exact) mass is 183 g/mol. The summed E-state index contributed by atoms with van der Waals surface area (Å²) < 4.78 is 0. The average molecular weight is 183 g/mol. The molecular weight excluding hydrogens is 162 g/mol. The minimum Gasteiger partial charge on any atom is -0.392 e.